The van der Waals surface area contributed by atoms with Gasteiger partial charge in [-0.25, -0.2) is 9.18 Å². The van der Waals surface area contributed by atoms with Crippen molar-refractivity contribution in [2.45, 2.75) is 45.2 Å². The molecule has 1 aliphatic rings. The van der Waals surface area contributed by atoms with Crippen molar-refractivity contribution < 1.29 is 18.8 Å². The Labute approximate surface area is 204 Å². The average Bonchev–Trinajstić information content (AvgIpc) is 2.82. The van der Waals surface area contributed by atoms with Crippen molar-refractivity contribution in [3.05, 3.63) is 64.9 Å². The van der Waals surface area contributed by atoms with Crippen molar-refractivity contribution in [2.24, 2.45) is 5.92 Å². The van der Waals surface area contributed by atoms with Crippen LogP contribution in [0, 0.1) is 11.7 Å². The highest BCUT2D eigenvalue weighted by molar-refractivity contribution is 6.30. The predicted molar refractivity (Wildman–Crippen MR) is 130 cm³/mol. The van der Waals surface area contributed by atoms with Gasteiger partial charge in [-0.2, -0.15) is 0 Å². The van der Waals surface area contributed by atoms with E-state index in [0.717, 1.165) is 6.42 Å². The van der Waals surface area contributed by atoms with Crippen LogP contribution in [0.1, 0.15) is 43.5 Å². The van der Waals surface area contributed by atoms with Crippen molar-refractivity contribution in [3.8, 4) is 0 Å². The van der Waals surface area contributed by atoms with E-state index in [1.165, 1.54) is 18.2 Å². The number of benzene rings is 2. The maximum Gasteiger partial charge on any atom is 0.321 e. The van der Waals surface area contributed by atoms with E-state index < -0.39 is 17.8 Å². The van der Waals surface area contributed by atoms with Gasteiger partial charge >= 0.3 is 6.03 Å². The summed E-state index contributed by atoms with van der Waals surface area (Å²) in [6.07, 6.45) is 1.76. The van der Waals surface area contributed by atoms with Gasteiger partial charge in [-0.05, 0) is 62.4 Å². The van der Waals surface area contributed by atoms with Gasteiger partial charge in [0, 0.05) is 29.8 Å². The molecule has 1 aliphatic heterocycles. The average molecular weight is 489 g/mol. The first-order valence-corrected chi connectivity index (χ1v) is 11.8. The number of likely N-dealkylation sites (tertiary alicyclic amines) is 1. The van der Waals surface area contributed by atoms with Crippen molar-refractivity contribution in [3.63, 3.8) is 0 Å². The first kappa shape index (κ1) is 25.5. The summed E-state index contributed by atoms with van der Waals surface area (Å²) in [5.41, 5.74) is 0.491. The summed E-state index contributed by atoms with van der Waals surface area (Å²) < 4.78 is 14.1. The number of hydrogen-bond donors (Lipinski definition) is 3. The zero-order chi connectivity index (χ0) is 24.7. The number of carbonyl (C=O) groups excluding carboxylic acids is 3. The van der Waals surface area contributed by atoms with Crippen molar-refractivity contribution >= 4 is 35.1 Å². The number of carbonyl (C=O) groups is 3. The second-order valence-electron chi connectivity index (χ2n) is 8.51. The van der Waals surface area contributed by atoms with Gasteiger partial charge < -0.3 is 20.9 Å². The van der Waals surface area contributed by atoms with Gasteiger partial charge in [-0.1, -0.05) is 36.7 Å². The number of urea groups is 1. The Balaban J connectivity index is 1.66. The lowest BCUT2D eigenvalue weighted by molar-refractivity contribution is -0.125. The molecule has 0 spiro atoms. The molecule has 9 heteroatoms. The minimum absolute atomic E-state index is 0.0658. The monoisotopic (exact) mass is 488 g/mol. The quantitative estimate of drug-likeness (QED) is 0.538. The van der Waals surface area contributed by atoms with Crippen LogP contribution in [0.25, 0.3) is 0 Å². The molecular formula is C25H30ClFN4O3. The van der Waals surface area contributed by atoms with Crippen molar-refractivity contribution in [1.82, 2.24) is 15.5 Å². The SMILES string of the molecule is CCC(C)NC(=O)C(NC(=O)c1ccccc1F)C1CCN(C(=O)Nc2cccc(Cl)c2)CC1. The number of nitrogens with zero attached hydrogens (tertiary/aromatic N) is 1. The van der Waals surface area contributed by atoms with E-state index in [4.69, 9.17) is 11.6 Å². The maximum absolute atomic E-state index is 14.1. The summed E-state index contributed by atoms with van der Waals surface area (Å²) in [4.78, 5) is 40.1. The van der Waals surface area contributed by atoms with E-state index in [1.807, 2.05) is 13.8 Å². The highest BCUT2D eigenvalue weighted by Gasteiger charge is 2.34. The number of amides is 4. The molecule has 182 valence electrons. The summed E-state index contributed by atoms with van der Waals surface area (Å²) in [6.45, 7) is 4.67. The Bertz CT molecular complexity index is 1030. The normalized spacial score (nSPS) is 15.8. The third kappa shape index (κ3) is 6.70. The largest absolute Gasteiger partial charge is 0.352 e. The van der Waals surface area contributed by atoms with E-state index in [9.17, 15) is 18.8 Å². The van der Waals surface area contributed by atoms with Crippen LogP contribution in [-0.2, 0) is 4.79 Å². The van der Waals surface area contributed by atoms with Crippen LogP contribution in [0.4, 0.5) is 14.9 Å². The fourth-order valence-electron chi connectivity index (χ4n) is 3.90. The molecule has 34 heavy (non-hydrogen) atoms. The lowest BCUT2D eigenvalue weighted by Crippen LogP contribution is -2.55. The molecule has 1 fully saturated rings. The molecule has 0 bridgehead atoms. The number of rotatable bonds is 7. The van der Waals surface area contributed by atoms with Crippen LogP contribution in [0.3, 0.4) is 0 Å². The van der Waals surface area contributed by atoms with E-state index in [2.05, 4.69) is 16.0 Å². The molecule has 1 heterocycles. The lowest BCUT2D eigenvalue weighted by Gasteiger charge is -2.36. The molecule has 3 rings (SSSR count). The molecule has 0 radical (unpaired) electrons. The van der Waals surface area contributed by atoms with Crippen molar-refractivity contribution in [2.75, 3.05) is 18.4 Å². The number of piperidine rings is 1. The first-order valence-electron chi connectivity index (χ1n) is 11.5. The lowest BCUT2D eigenvalue weighted by atomic mass is 9.88. The van der Waals surface area contributed by atoms with Crippen LogP contribution in [0.5, 0.6) is 0 Å². The van der Waals surface area contributed by atoms with Crippen LogP contribution < -0.4 is 16.0 Å². The Morgan fingerprint density at radius 1 is 1.09 bits per heavy atom. The van der Waals surface area contributed by atoms with Gasteiger partial charge in [-0.3, -0.25) is 9.59 Å². The van der Waals surface area contributed by atoms with Crippen LogP contribution in [0.15, 0.2) is 48.5 Å². The number of hydrogen-bond acceptors (Lipinski definition) is 3. The molecular weight excluding hydrogens is 459 g/mol. The molecule has 2 aromatic rings. The molecule has 3 N–H and O–H groups in total. The number of anilines is 1. The third-order valence-electron chi connectivity index (χ3n) is 6.06. The smallest absolute Gasteiger partial charge is 0.321 e. The minimum Gasteiger partial charge on any atom is -0.352 e. The second-order valence-corrected chi connectivity index (χ2v) is 8.95. The molecule has 2 unspecified atom stereocenters. The summed E-state index contributed by atoms with van der Waals surface area (Å²) >= 11 is 5.98. The molecule has 7 nitrogen and oxygen atoms in total. The van der Waals surface area contributed by atoms with Gasteiger partial charge in [0.05, 0.1) is 5.56 Å². The Kier molecular flexibility index (Phi) is 8.87. The van der Waals surface area contributed by atoms with Gasteiger partial charge in [0.2, 0.25) is 5.91 Å². The highest BCUT2D eigenvalue weighted by atomic mass is 35.5. The molecule has 0 saturated carbocycles. The topological polar surface area (TPSA) is 90.5 Å². The fourth-order valence-corrected chi connectivity index (χ4v) is 4.09. The van der Waals surface area contributed by atoms with E-state index >= 15 is 0 Å². The van der Waals surface area contributed by atoms with E-state index in [1.54, 1.807) is 35.2 Å². The second kappa shape index (κ2) is 11.8. The number of nitrogens with one attached hydrogen (secondary N) is 3. The van der Waals surface area contributed by atoms with Gasteiger partial charge in [0.15, 0.2) is 0 Å². The zero-order valence-electron chi connectivity index (χ0n) is 19.3. The highest BCUT2D eigenvalue weighted by Crippen LogP contribution is 2.23. The van der Waals surface area contributed by atoms with E-state index in [0.29, 0.717) is 36.6 Å². The summed E-state index contributed by atoms with van der Waals surface area (Å²) in [5, 5.41) is 9.01. The van der Waals surface area contributed by atoms with Gasteiger partial charge in [-0.15, -0.1) is 0 Å². The Hall–Kier alpha value is -3.13. The summed E-state index contributed by atoms with van der Waals surface area (Å²) in [7, 11) is 0. The van der Waals surface area contributed by atoms with Crippen LogP contribution >= 0.6 is 11.6 Å². The molecule has 0 aromatic heterocycles. The fraction of sp³-hybridized carbons (Fsp3) is 0.400. The Morgan fingerprint density at radius 3 is 2.44 bits per heavy atom. The standard InChI is InChI=1S/C25H30ClFN4O3/c1-3-16(2)28-24(33)22(30-23(32)20-9-4-5-10-21(20)27)17-11-13-31(14-12-17)25(34)29-19-8-6-7-18(26)15-19/h4-10,15-17,22H,3,11-14H2,1-2H3,(H,28,33)(H,29,34)(H,30,32). The summed E-state index contributed by atoms with van der Waals surface area (Å²) in [6, 6.07) is 11.4. The maximum atomic E-state index is 14.1. The molecule has 0 aliphatic carbocycles. The van der Waals surface area contributed by atoms with Crippen molar-refractivity contribution in [1.29, 1.82) is 0 Å². The third-order valence-corrected chi connectivity index (χ3v) is 6.30. The molecule has 4 amide bonds. The predicted octanol–water partition coefficient (Wildman–Crippen LogP) is 4.44. The van der Waals surface area contributed by atoms with Gasteiger partial charge in [0.25, 0.3) is 5.91 Å². The first-order chi connectivity index (χ1) is 16.3. The molecule has 2 atom stereocenters. The van der Waals surface area contributed by atoms with Crippen LogP contribution in [-0.4, -0.2) is 47.9 Å². The molecule has 1 saturated heterocycles. The minimum atomic E-state index is -0.834. The summed E-state index contributed by atoms with van der Waals surface area (Å²) in [5.74, 6) is -1.78. The van der Waals surface area contributed by atoms with E-state index in [-0.39, 0.29) is 29.5 Å². The molecule has 2 aromatic carbocycles. The zero-order valence-corrected chi connectivity index (χ0v) is 20.1. The Morgan fingerprint density at radius 2 is 1.79 bits per heavy atom. The van der Waals surface area contributed by atoms with Gasteiger partial charge in [0.1, 0.15) is 11.9 Å². The van der Waals surface area contributed by atoms with Crippen LogP contribution in [0.2, 0.25) is 5.02 Å². The number of halogens is 2.